The number of aryl methyl sites for hydroxylation is 3. The molecule has 3 aromatic carbocycles. The minimum absolute atomic E-state index is 0.0540. The molecule has 1 atom stereocenters. The zero-order chi connectivity index (χ0) is 30.6. The van der Waals surface area contributed by atoms with E-state index < -0.39 is 11.7 Å². The minimum atomic E-state index is -0.737. The van der Waals surface area contributed by atoms with Crippen LogP contribution in [-0.2, 0) is 16.6 Å². The fraction of sp³-hybridized carbons (Fsp3) is 0.265. The molecular formula is C34H32ClN5O2S. The van der Waals surface area contributed by atoms with E-state index in [0.29, 0.717) is 5.02 Å². The van der Waals surface area contributed by atoms with Gasteiger partial charge in [-0.25, -0.2) is 4.98 Å². The molecule has 9 heteroatoms. The van der Waals surface area contributed by atoms with Crippen LogP contribution >= 0.6 is 22.9 Å². The number of Topliss-reactive ketones (excluding diaryl/α,β-unsaturated/α-hetero) is 1. The summed E-state index contributed by atoms with van der Waals surface area (Å²) in [5.74, 6) is -0.0540. The van der Waals surface area contributed by atoms with E-state index in [-0.39, 0.29) is 5.78 Å². The van der Waals surface area contributed by atoms with Crippen LogP contribution in [0, 0.1) is 13.8 Å². The van der Waals surface area contributed by atoms with Crippen molar-refractivity contribution in [3.8, 4) is 33.0 Å². The molecule has 3 aromatic heterocycles. The van der Waals surface area contributed by atoms with Gasteiger partial charge in [0, 0.05) is 39.7 Å². The van der Waals surface area contributed by atoms with Gasteiger partial charge in [-0.1, -0.05) is 29.8 Å². The minimum Gasteiger partial charge on any atom is -0.360 e. The molecule has 0 spiro atoms. The lowest BCUT2D eigenvalue weighted by Gasteiger charge is -2.29. The monoisotopic (exact) mass is 609 g/mol. The van der Waals surface area contributed by atoms with E-state index in [0.717, 1.165) is 70.9 Å². The van der Waals surface area contributed by atoms with E-state index in [1.165, 1.54) is 0 Å². The van der Waals surface area contributed by atoms with E-state index in [1.807, 2.05) is 95.0 Å². The predicted molar refractivity (Wildman–Crippen MR) is 175 cm³/mol. The molecule has 0 amide bonds. The molecule has 0 aliphatic rings. The highest BCUT2D eigenvalue weighted by atomic mass is 35.5. The van der Waals surface area contributed by atoms with Gasteiger partial charge in [0.1, 0.15) is 11.1 Å². The lowest BCUT2D eigenvalue weighted by atomic mass is 9.90. The molecular weight excluding hydrogens is 578 g/mol. The molecule has 0 unspecified atom stereocenters. The van der Waals surface area contributed by atoms with Crippen LogP contribution in [0.5, 0.6) is 0 Å². The Hall–Kier alpha value is -3.98. The highest BCUT2D eigenvalue weighted by Crippen LogP contribution is 2.45. The number of ketones is 1. The number of fused-ring (bicyclic) bond motifs is 2. The van der Waals surface area contributed by atoms with Gasteiger partial charge in [0.15, 0.2) is 5.78 Å². The van der Waals surface area contributed by atoms with E-state index in [4.69, 9.17) is 21.3 Å². The van der Waals surface area contributed by atoms with Crippen molar-refractivity contribution in [2.75, 3.05) is 0 Å². The standard InChI is InChI=1S/C34H32ClN5O2S/c1-18-14-27-32(30(21-8-11-24(35)12-9-21)29(18)31(20(3)41)42-34(4,5)6)43-33(37-27)25-16-26(39-38-19(25)2)22-10-13-28-23(15-22)17-36-40(28)7/h8-17,31H,1-7H3/t31-/m1/s1. The van der Waals surface area contributed by atoms with Crippen LogP contribution in [-0.4, -0.2) is 36.3 Å². The van der Waals surface area contributed by atoms with E-state index in [1.54, 1.807) is 18.3 Å². The maximum absolute atomic E-state index is 13.1. The number of halogens is 1. The summed E-state index contributed by atoms with van der Waals surface area (Å²) < 4.78 is 9.21. The van der Waals surface area contributed by atoms with Crippen LogP contribution in [0.3, 0.4) is 0 Å². The zero-order valence-electron chi connectivity index (χ0n) is 25.2. The fourth-order valence-corrected chi connectivity index (χ4v) is 6.72. The van der Waals surface area contributed by atoms with Crippen LogP contribution in [0.2, 0.25) is 5.02 Å². The zero-order valence-corrected chi connectivity index (χ0v) is 26.8. The summed E-state index contributed by atoms with van der Waals surface area (Å²) in [5.41, 5.74) is 8.45. The Labute approximate surface area is 259 Å². The molecule has 6 aromatic rings. The summed E-state index contributed by atoms with van der Waals surface area (Å²) in [5, 5.41) is 15.9. The third-order valence-corrected chi connectivity index (χ3v) is 8.79. The molecule has 6 rings (SSSR count). The fourth-order valence-electron chi connectivity index (χ4n) is 5.40. The van der Waals surface area contributed by atoms with Gasteiger partial charge < -0.3 is 4.74 Å². The first-order valence-electron chi connectivity index (χ1n) is 14.0. The van der Waals surface area contributed by atoms with Crippen molar-refractivity contribution in [3.05, 3.63) is 82.6 Å². The quantitative estimate of drug-likeness (QED) is 0.188. The molecule has 0 fully saturated rings. The number of rotatable bonds is 6. The highest BCUT2D eigenvalue weighted by molar-refractivity contribution is 7.22. The third-order valence-electron chi connectivity index (χ3n) is 7.41. The van der Waals surface area contributed by atoms with Crippen molar-refractivity contribution < 1.29 is 9.53 Å². The summed E-state index contributed by atoms with van der Waals surface area (Å²) in [6.07, 6.45) is 1.11. The van der Waals surface area contributed by atoms with Crippen LogP contribution in [0.15, 0.2) is 60.8 Å². The Morgan fingerprint density at radius 1 is 1.00 bits per heavy atom. The molecule has 0 aliphatic carbocycles. The lowest BCUT2D eigenvalue weighted by molar-refractivity contribution is -0.138. The maximum Gasteiger partial charge on any atom is 0.163 e. The second-order valence-corrected chi connectivity index (χ2v) is 13.3. The summed E-state index contributed by atoms with van der Waals surface area (Å²) in [6.45, 7) is 11.4. The molecule has 7 nitrogen and oxygen atoms in total. The highest BCUT2D eigenvalue weighted by Gasteiger charge is 2.30. The second-order valence-electron chi connectivity index (χ2n) is 11.8. The summed E-state index contributed by atoms with van der Waals surface area (Å²) >= 11 is 7.86. The smallest absolute Gasteiger partial charge is 0.163 e. The molecule has 0 bridgehead atoms. The van der Waals surface area contributed by atoms with Gasteiger partial charge in [-0.05, 0) is 89.1 Å². The SMILES string of the molecule is CC(=O)[C@@H](OC(C)(C)C)c1c(C)cc2nc(-c3cc(-c4ccc5c(cnn5C)c4)nnc3C)sc2c1-c1ccc(Cl)cc1. The van der Waals surface area contributed by atoms with Crippen molar-refractivity contribution >= 4 is 49.8 Å². The number of carbonyl (C=O) groups excluding carboxylic acids is 1. The molecule has 218 valence electrons. The predicted octanol–water partition coefficient (Wildman–Crippen LogP) is 8.69. The number of aromatic nitrogens is 5. The van der Waals surface area contributed by atoms with Crippen molar-refractivity contribution in [2.24, 2.45) is 7.05 Å². The lowest BCUT2D eigenvalue weighted by Crippen LogP contribution is -2.27. The molecule has 0 N–H and O–H groups in total. The molecule has 0 aliphatic heterocycles. The Morgan fingerprint density at radius 2 is 1.72 bits per heavy atom. The first-order chi connectivity index (χ1) is 20.4. The van der Waals surface area contributed by atoms with Gasteiger partial charge in [-0.15, -0.1) is 11.3 Å². The van der Waals surface area contributed by atoms with Gasteiger partial charge in [-0.3, -0.25) is 9.48 Å². The number of carbonyl (C=O) groups is 1. The van der Waals surface area contributed by atoms with Crippen molar-refractivity contribution in [1.82, 2.24) is 25.0 Å². The average Bonchev–Trinajstić information content (AvgIpc) is 3.54. The normalized spacial score (nSPS) is 12.7. The van der Waals surface area contributed by atoms with Crippen LogP contribution < -0.4 is 0 Å². The first kappa shape index (κ1) is 29.1. The van der Waals surface area contributed by atoms with Crippen LogP contribution in [0.4, 0.5) is 0 Å². The topological polar surface area (TPSA) is 82.8 Å². The van der Waals surface area contributed by atoms with E-state index in [9.17, 15) is 4.79 Å². The van der Waals surface area contributed by atoms with Gasteiger partial charge in [0.05, 0.1) is 38.9 Å². The van der Waals surface area contributed by atoms with Gasteiger partial charge in [0.25, 0.3) is 0 Å². The molecule has 0 radical (unpaired) electrons. The van der Waals surface area contributed by atoms with Gasteiger partial charge in [0.2, 0.25) is 0 Å². The largest absolute Gasteiger partial charge is 0.360 e. The van der Waals surface area contributed by atoms with Crippen molar-refractivity contribution in [1.29, 1.82) is 0 Å². The van der Waals surface area contributed by atoms with Crippen molar-refractivity contribution in [2.45, 2.75) is 53.2 Å². The number of hydrogen-bond acceptors (Lipinski definition) is 7. The molecule has 43 heavy (non-hydrogen) atoms. The van der Waals surface area contributed by atoms with Gasteiger partial charge >= 0.3 is 0 Å². The molecule has 3 heterocycles. The van der Waals surface area contributed by atoms with Gasteiger partial charge in [-0.2, -0.15) is 15.3 Å². The molecule has 0 saturated heterocycles. The first-order valence-corrected chi connectivity index (χ1v) is 15.2. The summed E-state index contributed by atoms with van der Waals surface area (Å²) in [7, 11) is 1.93. The Kier molecular flexibility index (Phi) is 7.40. The number of benzene rings is 3. The Bertz CT molecular complexity index is 2020. The Balaban J connectivity index is 1.56. The van der Waals surface area contributed by atoms with Crippen LogP contribution in [0.1, 0.15) is 50.6 Å². The van der Waals surface area contributed by atoms with Crippen molar-refractivity contribution in [3.63, 3.8) is 0 Å². The molecule has 0 saturated carbocycles. The number of hydrogen-bond donors (Lipinski definition) is 0. The third kappa shape index (κ3) is 5.58. The van der Waals surface area contributed by atoms with E-state index in [2.05, 4.69) is 27.4 Å². The summed E-state index contributed by atoms with van der Waals surface area (Å²) in [6, 6.07) is 18.0. The maximum atomic E-state index is 13.1. The van der Waals surface area contributed by atoms with E-state index >= 15 is 0 Å². The average molecular weight is 610 g/mol. The number of nitrogens with zero attached hydrogens (tertiary/aromatic N) is 5. The number of ether oxygens (including phenoxy) is 1. The van der Waals surface area contributed by atoms with Crippen LogP contribution in [0.25, 0.3) is 54.1 Å². The Morgan fingerprint density at radius 3 is 2.42 bits per heavy atom. The number of thiazole rings is 1. The summed E-state index contributed by atoms with van der Waals surface area (Å²) in [4.78, 5) is 18.2. The second kappa shape index (κ2) is 10.9.